The van der Waals surface area contributed by atoms with E-state index in [0.29, 0.717) is 6.42 Å². The minimum absolute atomic E-state index is 0.0408. The van der Waals surface area contributed by atoms with Crippen LogP contribution in [0.25, 0.3) is 5.69 Å². The summed E-state index contributed by atoms with van der Waals surface area (Å²) < 4.78 is 1.58. The summed E-state index contributed by atoms with van der Waals surface area (Å²) in [5, 5.41) is 19.9. The Morgan fingerprint density at radius 2 is 2.18 bits per heavy atom. The predicted molar refractivity (Wildman–Crippen MR) is 83.9 cm³/mol. The second-order valence-corrected chi connectivity index (χ2v) is 5.72. The van der Waals surface area contributed by atoms with Gasteiger partial charge in [0.15, 0.2) is 5.69 Å². The maximum atomic E-state index is 12.2. The van der Waals surface area contributed by atoms with Gasteiger partial charge in [-0.3, -0.25) is 4.79 Å². The van der Waals surface area contributed by atoms with Crippen LogP contribution < -0.4 is 5.32 Å². The van der Waals surface area contributed by atoms with Gasteiger partial charge in [-0.15, -0.1) is 5.10 Å². The molecule has 0 aliphatic rings. The third-order valence-corrected chi connectivity index (χ3v) is 3.55. The molecule has 0 fully saturated rings. The van der Waals surface area contributed by atoms with Gasteiger partial charge in [0.05, 0.1) is 11.9 Å². The largest absolute Gasteiger partial charge is 0.396 e. The molecule has 2 N–H and O–H groups in total. The molecule has 0 bridgehead atoms. The first-order valence-corrected chi connectivity index (χ1v) is 7.42. The molecule has 2 aromatic rings. The molecule has 1 atom stereocenters. The van der Waals surface area contributed by atoms with Gasteiger partial charge >= 0.3 is 0 Å². The number of rotatable bonds is 6. The number of benzene rings is 1. The second kappa shape index (κ2) is 7.17. The highest BCUT2D eigenvalue weighted by Gasteiger charge is 2.19. The van der Waals surface area contributed by atoms with Crippen LogP contribution in [0.15, 0.2) is 30.5 Å². The van der Waals surface area contributed by atoms with E-state index in [1.807, 2.05) is 45.0 Å². The number of aliphatic hydroxyl groups is 1. The molecule has 1 heterocycles. The van der Waals surface area contributed by atoms with Crippen LogP contribution in [-0.4, -0.2) is 38.7 Å². The highest BCUT2D eigenvalue weighted by molar-refractivity contribution is 5.92. The number of nitrogens with zero attached hydrogens (tertiary/aromatic N) is 3. The number of aromatic nitrogens is 3. The van der Waals surface area contributed by atoms with Crippen molar-refractivity contribution in [1.29, 1.82) is 0 Å². The molecule has 0 saturated carbocycles. The van der Waals surface area contributed by atoms with Crippen LogP contribution in [0.3, 0.4) is 0 Å². The van der Waals surface area contributed by atoms with Crippen LogP contribution in [0.4, 0.5) is 0 Å². The van der Waals surface area contributed by atoms with E-state index in [0.717, 1.165) is 11.3 Å². The van der Waals surface area contributed by atoms with Gasteiger partial charge in [0, 0.05) is 12.6 Å². The predicted octanol–water partition coefficient (Wildman–Crippen LogP) is 1.71. The average molecular weight is 302 g/mol. The molecule has 6 nitrogen and oxygen atoms in total. The van der Waals surface area contributed by atoms with E-state index in [9.17, 15) is 4.79 Å². The Bertz CT molecular complexity index is 637. The molecule has 0 spiro atoms. The number of aryl methyl sites for hydroxylation is 1. The summed E-state index contributed by atoms with van der Waals surface area (Å²) in [7, 11) is 0. The van der Waals surface area contributed by atoms with E-state index in [1.54, 1.807) is 10.9 Å². The summed E-state index contributed by atoms with van der Waals surface area (Å²) in [4.78, 5) is 12.2. The van der Waals surface area contributed by atoms with Crippen molar-refractivity contribution in [1.82, 2.24) is 20.3 Å². The van der Waals surface area contributed by atoms with Crippen LogP contribution in [0, 0.1) is 12.8 Å². The molecule has 2 rings (SSSR count). The van der Waals surface area contributed by atoms with Gasteiger partial charge < -0.3 is 10.4 Å². The standard InChI is InChI=1S/C16H22N4O2/c1-11(2)14(7-8-21)17-16(22)15-10-20(19-18-15)13-6-4-5-12(3)9-13/h4-6,9-11,14,21H,7-8H2,1-3H3,(H,17,22). The first-order chi connectivity index (χ1) is 10.5. The SMILES string of the molecule is Cc1cccc(-n2cc(C(=O)NC(CCO)C(C)C)nn2)c1. The van der Waals surface area contributed by atoms with Crippen LogP contribution in [0.2, 0.25) is 0 Å². The molecule has 0 aliphatic heterocycles. The molecule has 118 valence electrons. The second-order valence-electron chi connectivity index (χ2n) is 5.72. The molecule has 1 aromatic carbocycles. The fourth-order valence-electron chi connectivity index (χ4n) is 2.22. The van der Waals surface area contributed by atoms with Crippen LogP contribution >= 0.6 is 0 Å². The lowest BCUT2D eigenvalue weighted by molar-refractivity contribution is 0.0911. The summed E-state index contributed by atoms with van der Waals surface area (Å²) in [5.41, 5.74) is 2.24. The van der Waals surface area contributed by atoms with Gasteiger partial charge in [-0.1, -0.05) is 31.2 Å². The van der Waals surface area contributed by atoms with Gasteiger partial charge in [0.25, 0.3) is 5.91 Å². The summed E-state index contributed by atoms with van der Waals surface area (Å²) in [5.74, 6) is -0.0334. The minimum Gasteiger partial charge on any atom is -0.396 e. The molecular weight excluding hydrogens is 280 g/mol. The zero-order valence-corrected chi connectivity index (χ0v) is 13.2. The Kier molecular flexibility index (Phi) is 5.27. The highest BCUT2D eigenvalue weighted by Crippen LogP contribution is 2.10. The van der Waals surface area contributed by atoms with E-state index >= 15 is 0 Å². The quantitative estimate of drug-likeness (QED) is 0.851. The van der Waals surface area contributed by atoms with Crippen molar-refractivity contribution in [3.05, 3.63) is 41.7 Å². The van der Waals surface area contributed by atoms with Gasteiger partial charge in [0.2, 0.25) is 0 Å². The minimum atomic E-state index is -0.272. The topological polar surface area (TPSA) is 80.0 Å². The van der Waals surface area contributed by atoms with Gasteiger partial charge in [0.1, 0.15) is 0 Å². The molecule has 1 amide bonds. The number of hydrogen-bond donors (Lipinski definition) is 2. The Balaban J connectivity index is 2.12. The first kappa shape index (κ1) is 16.2. The monoisotopic (exact) mass is 302 g/mol. The molecule has 1 unspecified atom stereocenters. The first-order valence-electron chi connectivity index (χ1n) is 7.42. The van der Waals surface area contributed by atoms with Crippen molar-refractivity contribution in [2.75, 3.05) is 6.61 Å². The van der Waals surface area contributed by atoms with E-state index < -0.39 is 0 Å². The summed E-state index contributed by atoms with van der Waals surface area (Å²) in [6.45, 7) is 6.05. The van der Waals surface area contributed by atoms with Gasteiger partial charge in [-0.2, -0.15) is 0 Å². The van der Waals surface area contributed by atoms with Gasteiger partial charge in [-0.25, -0.2) is 4.68 Å². The fraction of sp³-hybridized carbons (Fsp3) is 0.438. The Labute approximate surface area is 130 Å². The Morgan fingerprint density at radius 3 is 2.82 bits per heavy atom. The number of aliphatic hydroxyl groups excluding tert-OH is 1. The Hall–Kier alpha value is -2.21. The van der Waals surface area contributed by atoms with E-state index in [-0.39, 0.29) is 30.2 Å². The molecule has 0 radical (unpaired) electrons. The third-order valence-electron chi connectivity index (χ3n) is 3.55. The average Bonchev–Trinajstić information content (AvgIpc) is 2.96. The van der Waals surface area contributed by atoms with E-state index in [1.165, 1.54) is 0 Å². The van der Waals surface area contributed by atoms with E-state index in [2.05, 4.69) is 15.6 Å². The lowest BCUT2D eigenvalue weighted by Gasteiger charge is -2.20. The lowest BCUT2D eigenvalue weighted by Crippen LogP contribution is -2.39. The smallest absolute Gasteiger partial charge is 0.273 e. The summed E-state index contributed by atoms with van der Waals surface area (Å²) >= 11 is 0. The van der Waals surface area contributed by atoms with Crippen molar-refractivity contribution in [2.24, 2.45) is 5.92 Å². The molecule has 0 aliphatic carbocycles. The highest BCUT2D eigenvalue weighted by atomic mass is 16.3. The summed E-state index contributed by atoms with van der Waals surface area (Å²) in [6.07, 6.45) is 2.13. The number of amides is 1. The zero-order valence-electron chi connectivity index (χ0n) is 13.2. The Morgan fingerprint density at radius 1 is 1.41 bits per heavy atom. The number of nitrogens with one attached hydrogen (secondary N) is 1. The van der Waals surface area contributed by atoms with Crippen LogP contribution in [-0.2, 0) is 0 Å². The number of carbonyl (C=O) groups is 1. The van der Waals surface area contributed by atoms with Gasteiger partial charge in [-0.05, 0) is 37.0 Å². The number of carbonyl (C=O) groups excluding carboxylic acids is 1. The fourth-order valence-corrected chi connectivity index (χ4v) is 2.22. The number of hydrogen-bond acceptors (Lipinski definition) is 4. The molecule has 1 aromatic heterocycles. The van der Waals surface area contributed by atoms with E-state index in [4.69, 9.17) is 5.11 Å². The molecule has 0 saturated heterocycles. The van der Waals surface area contributed by atoms with Crippen molar-refractivity contribution in [3.63, 3.8) is 0 Å². The maximum Gasteiger partial charge on any atom is 0.273 e. The zero-order chi connectivity index (χ0) is 16.1. The third kappa shape index (κ3) is 3.92. The van der Waals surface area contributed by atoms with Crippen molar-refractivity contribution in [2.45, 2.75) is 33.2 Å². The molecule has 6 heteroatoms. The summed E-state index contributed by atoms with van der Waals surface area (Å²) in [6, 6.07) is 7.73. The van der Waals surface area contributed by atoms with Crippen LogP contribution in [0.1, 0.15) is 36.3 Å². The maximum absolute atomic E-state index is 12.2. The van der Waals surface area contributed by atoms with Crippen molar-refractivity contribution < 1.29 is 9.90 Å². The van der Waals surface area contributed by atoms with Crippen molar-refractivity contribution in [3.8, 4) is 5.69 Å². The normalized spacial score (nSPS) is 12.4. The molecular formula is C16H22N4O2. The van der Waals surface area contributed by atoms with Crippen molar-refractivity contribution >= 4 is 5.91 Å². The lowest BCUT2D eigenvalue weighted by atomic mass is 10.0. The molecule has 22 heavy (non-hydrogen) atoms. The van der Waals surface area contributed by atoms with Crippen LogP contribution in [0.5, 0.6) is 0 Å².